The summed E-state index contributed by atoms with van der Waals surface area (Å²) in [6, 6.07) is 9.66. The molecule has 0 spiro atoms. The van der Waals surface area contributed by atoms with Gasteiger partial charge in [-0.1, -0.05) is 0 Å². The van der Waals surface area contributed by atoms with Gasteiger partial charge < -0.3 is 20.3 Å². The van der Waals surface area contributed by atoms with Gasteiger partial charge >= 0.3 is 0 Å². The predicted octanol–water partition coefficient (Wildman–Crippen LogP) is 3.41. The first-order chi connectivity index (χ1) is 9.63. The summed E-state index contributed by atoms with van der Waals surface area (Å²) >= 11 is 0. The van der Waals surface area contributed by atoms with Gasteiger partial charge in [0.25, 0.3) is 0 Å². The zero-order valence-corrected chi connectivity index (χ0v) is 11.2. The van der Waals surface area contributed by atoms with E-state index in [4.69, 9.17) is 15.2 Å². The third-order valence-corrected chi connectivity index (χ3v) is 2.65. The van der Waals surface area contributed by atoms with E-state index in [1.165, 1.54) is 26.4 Å². The van der Waals surface area contributed by atoms with Gasteiger partial charge in [0.1, 0.15) is 22.9 Å². The van der Waals surface area contributed by atoms with Crippen LogP contribution in [0.1, 0.15) is 0 Å². The van der Waals surface area contributed by atoms with E-state index in [1.54, 1.807) is 24.3 Å². The quantitative estimate of drug-likeness (QED) is 0.659. The maximum absolute atomic E-state index is 9.20. The Morgan fingerprint density at radius 3 is 2.20 bits per heavy atom. The number of nitrogens with two attached hydrogens (primary N) is 1. The number of rotatable bonds is 4. The Morgan fingerprint density at radius 1 is 0.950 bits per heavy atom. The van der Waals surface area contributed by atoms with Gasteiger partial charge in [-0.2, -0.15) is 5.11 Å². The maximum Gasteiger partial charge on any atom is 0.148 e. The summed E-state index contributed by atoms with van der Waals surface area (Å²) in [5.41, 5.74) is 7.38. The van der Waals surface area contributed by atoms with Gasteiger partial charge in [0.15, 0.2) is 0 Å². The highest BCUT2D eigenvalue weighted by molar-refractivity contribution is 5.66. The van der Waals surface area contributed by atoms with Crippen molar-refractivity contribution in [1.29, 1.82) is 0 Å². The van der Waals surface area contributed by atoms with Crippen LogP contribution in [-0.2, 0) is 0 Å². The molecule has 0 atom stereocenters. The van der Waals surface area contributed by atoms with E-state index < -0.39 is 0 Å². The first kappa shape index (κ1) is 13.7. The van der Waals surface area contributed by atoms with Gasteiger partial charge in [-0.3, -0.25) is 0 Å². The smallest absolute Gasteiger partial charge is 0.148 e. The topological polar surface area (TPSA) is 89.4 Å². The molecule has 0 amide bonds. The number of phenols is 1. The lowest BCUT2D eigenvalue weighted by molar-refractivity contribution is 0.406. The van der Waals surface area contributed by atoms with Crippen LogP contribution in [0.5, 0.6) is 17.2 Å². The lowest BCUT2D eigenvalue weighted by Gasteiger charge is -2.09. The molecule has 0 aromatic heterocycles. The number of ether oxygens (including phenoxy) is 2. The molecule has 0 unspecified atom stereocenters. The van der Waals surface area contributed by atoms with Crippen LogP contribution in [0.15, 0.2) is 46.6 Å². The van der Waals surface area contributed by atoms with E-state index in [0.717, 1.165) is 0 Å². The molecule has 20 heavy (non-hydrogen) atoms. The maximum atomic E-state index is 9.20. The number of nitrogens with zero attached hydrogens (tertiary/aromatic N) is 2. The second kappa shape index (κ2) is 5.92. The molecule has 0 aliphatic carbocycles. The summed E-state index contributed by atoms with van der Waals surface area (Å²) in [7, 11) is 3.06. The van der Waals surface area contributed by atoms with Crippen molar-refractivity contribution in [2.45, 2.75) is 0 Å². The van der Waals surface area contributed by atoms with Crippen LogP contribution in [0.25, 0.3) is 0 Å². The second-order valence-corrected chi connectivity index (χ2v) is 3.98. The van der Waals surface area contributed by atoms with E-state index in [1.807, 2.05) is 0 Å². The Kier molecular flexibility index (Phi) is 4.05. The molecule has 0 aliphatic heterocycles. The van der Waals surface area contributed by atoms with Crippen LogP contribution in [-0.4, -0.2) is 19.3 Å². The summed E-state index contributed by atoms with van der Waals surface area (Å²) < 4.78 is 10.3. The molecule has 2 aromatic carbocycles. The number of anilines is 1. The van der Waals surface area contributed by atoms with Gasteiger partial charge in [0, 0.05) is 12.1 Å². The monoisotopic (exact) mass is 273 g/mol. The van der Waals surface area contributed by atoms with Crippen molar-refractivity contribution in [3.8, 4) is 17.2 Å². The van der Waals surface area contributed by atoms with E-state index >= 15 is 0 Å². The van der Waals surface area contributed by atoms with Crippen molar-refractivity contribution >= 4 is 17.1 Å². The van der Waals surface area contributed by atoms with E-state index in [-0.39, 0.29) is 5.75 Å². The van der Waals surface area contributed by atoms with Crippen molar-refractivity contribution in [1.82, 2.24) is 0 Å². The Bertz CT molecular complexity index is 624. The first-order valence-corrected chi connectivity index (χ1v) is 5.86. The largest absolute Gasteiger partial charge is 0.508 e. The molecule has 2 rings (SSSR count). The van der Waals surface area contributed by atoms with Crippen LogP contribution in [0.3, 0.4) is 0 Å². The van der Waals surface area contributed by atoms with E-state index in [9.17, 15) is 5.11 Å². The van der Waals surface area contributed by atoms with Crippen LogP contribution in [0, 0.1) is 0 Å². The van der Waals surface area contributed by atoms with Gasteiger partial charge in [-0.05, 0) is 24.3 Å². The number of azo groups is 1. The minimum absolute atomic E-state index is 0.177. The molecule has 0 saturated heterocycles. The Balaban J connectivity index is 2.34. The highest BCUT2D eigenvalue weighted by Crippen LogP contribution is 2.37. The fourth-order valence-corrected chi connectivity index (χ4v) is 1.61. The summed E-state index contributed by atoms with van der Waals surface area (Å²) in [4.78, 5) is 0. The molecule has 0 heterocycles. The summed E-state index contributed by atoms with van der Waals surface area (Å²) in [6.07, 6.45) is 0. The Labute approximate surface area is 116 Å². The third kappa shape index (κ3) is 2.97. The number of hydrogen-bond donors (Lipinski definition) is 2. The summed E-state index contributed by atoms with van der Waals surface area (Å²) in [5.74, 6) is 1.19. The lowest BCUT2D eigenvalue weighted by Crippen LogP contribution is -1.93. The van der Waals surface area contributed by atoms with Crippen molar-refractivity contribution < 1.29 is 14.6 Å². The Morgan fingerprint density at radius 2 is 1.60 bits per heavy atom. The average molecular weight is 273 g/mol. The van der Waals surface area contributed by atoms with Gasteiger partial charge in [0.2, 0.25) is 0 Å². The molecule has 2 aromatic rings. The standard InChI is InChI=1S/C14H15N3O3/c1-19-13-8-12(14(20-2)7-11(13)15)17-16-9-3-5-10(18)6-4-9/h3-8,18H,15H2,1-2H3. The SMILES string of the molecule is COc1cc(N=Nc2ccc(O)cc2)c(OC)cc1N. The molecule has 0 radical (unpaired) electrons. The number of methoxy groups -OCH3 is 2. The van der Waals surface area contributed by atoms with Gasteiger partial charge in [0.05, 0.1) is 25.6 Å². The van der Waals surface area contributed by atoms with Crippen molar-refractivity contribution in [2.75, 3.05) is 20.0 Å². The molecular weight excluding hydrogens is 258 g/mol. The van der Waals surface area contributed by atoms with Gasteiger partial charge in [-0.25, -0.2) is 0 Å². The first-order valence-electron chi connectivity index (χ1n) is 5.86. The number of nitrogen functional groups attached to an aromatic ring is 1. The number of benzene rings is 2. The minimum atomic E-state index is 0.177. The summed E-state index contributed by atoms with van der Waals surface area (Å²) in [6.45, 7) is 0. The molecule has 6 nitrogen and oxygen atoms in total. The normalized spacial score (nSPS) is 10.7. The summed E-state index contributed by atoms with van der Waals surface area (Å²) in [5, 5.41) is 17.4. The Hall–Kier alpha value is -2.76. The number of hydrogen-bond acceptors (Lipinski definition) is 6. The van der Waals surface area contributed by atoms with E-state index in [0.29, 0.717) is 28.6 Å². The zero-order chi connectivity index (χ0) is 14.5. The molecular formula is C14H15N3O3. The molecule has 0 bridgehead atoms. The minimum Gasteiger partial charge on any atom is -0.508 e. The van der Waals surface area contributed by atoms with Crippen LogP contribution in [0.4, 0.5) is 17.1 Å². The number of aromatic hydroxyl groups is 1. The zero-order valence-electron chi connectivity index (χ0n) is 11.2. The molecule has 104 valence electrons. The predicted molar refractivity (Wildman–Crippen MR) is 76.2 cm³/mol. The second-order valence-electron chi connectivity index (χ2n) is 3.98. The number of phenolic OH excluding ortho intramolecular Hbond substituents is 1. The highest BCUT2D eigenvalue weighted by Gasteiger charge is 2.08. The van der Waals surface area contributed by atoms with Crippen LogP contribution < -0.4 is 15.2 Å². The molecule has 0 fully saturated rings. The average Bonchev–Trinajstić information content (AvgIpc) is 2.47. The van der Waals surface area contributed by atoms with Crippen molar-refractivity contribution in [2.24, 2.45) is 10.2 Å². The molecule has 3 N–H and O–H groups in total. The van der Waals surface area contributed by atoms with Gasteiger partial charge in [-0.15, -0.1) is 5.11 Å². The van der Waals surface area contributed by atoms with Crippen molar-refractivity contribution in [3.05, 3.63) is 36.4 Å². The third-order valence-electron chi connectivity index (χ3n) is 2.65. The van der Waals surface area contributed by atoms with E-state index in [2.05, 4.69) is 10.2 Å². The molecule has 0 saturated carbocycles. The highest BCUT2D eigenvalue weighted by atomic mass is 16.5. The molecule has 0 aliphatic rings. The molecule has 6 heteroatoms. The lowest BCUT2D eigenvalue weighted by atomic mass is 10.2. The van der Waals surface area contributed by atoms with Crippen LogP contribution >= 0.6 is 0 Å². The van der Waals surface area contributed by atoms with Crippen molar-refractivity contribution in [3.63, 3.8) is 0 Å². The fraction of sp³-hybridized carbons (Fsp3) is 0.143. The van der Waals surface area contributed by atoms with Crippen LogP contribution in [0.2, 0.25) is 0 Å². The fourth-order valence-electron chi connectivity index (χ4n) is 1.61.